The molecule has 4 rings (SSSR count). The Balaban J connectivity index is 1.48. The molecule has 0 heterocycles. The lowest BCUT2D eigenvalue weighted by molar-refractivity contribution is -0.105. The Morgan fingerprint density at radius 1 is 1.08 bits per heavy atom. The van der Waals surface area contributed by atoms with E-state index < -0.39 is 13.9 Å². The van der Waals surface area contributed by atoms with Gasteiger partial charge in [-0.3, -0.25) is 0 Å². The van der Waals surface area contributed by atoms with Gasteiger partial charge in [0, 0.05) is 6.10 Å². The molecule has 0 aromatic heterocycles. The summed E-state index contributed by atoms with van der Waals surface area (Å²) in [7, 11) is -1.73. The van der Waals surface area contributed by atoms with Crippen LogP contribution in [0.5, 0.6) is 0 Å². The first-order valence-corrected chi connectivity index (χ1v) is 18.2. The predicted octanol–water partition coefficient (Wildman–Crippen LogP) is 9.45. The highest BCUT2D eigenvalue weighted by Gasteiger charge is 2.61. The predicted molar refractivity (Wildman–Crippen MR) is 157 cm³/mol. The molecule has 0 amide bonds. The molecule has 206 valence electrons. The van der Waals surface area contributed by atoms with Crippen LogP contribution in [0.15, 0.2) is 23.8 Å². The van der Waals surface area contributed by atoms with Gasteiger partial charge < -0.3 is 9.53 Å². The summed E-state index contributed by atoms with van der Waals surface area (Å²) >= 11 is 0. The van der Waals surface area contributed by atoms with Crippen LogP contribution in [0.2, 0.25) is 18.1 Å². The molecule has 0 spiro atoms. The van der Waals surface area contributed by atoms with Gasteiger partial charge in [-0.2, -0.15) is 0 Å². The topological polar surface area (TPSA) is 29.5 Å². The SMILES string of the molecule is C=C(C)CCC[C@](C)(O)[C@H]1CC[C@H]2[C@@H]3CC=C4C[C@@H](O[Si](C)(C)C(C)(C)C)CC[C@]4(C)[C@H]3CC[C@@]21C. The summed E-state index contributed by atoms with van der Waals surface area (Å²) in [6.07, 6.45) is 16.2. The highest BCUT2D eigenvalue weighted by atomic mass is 28.4. The van der Waals surface area contributed by atoms with Crippen LogP contribution in [0.4, 0.5) is 0 Å². The fourth-order valence-electron chi connectivity index (χ4n) is 9.27. The van der Waals surface area contributed by atoms with E-state index in [-0.39, 0.29) is 10.5 Å². The average Bonchev–Trinajstić information content (AvgIpc) is 3.11. The molecule has 1 N–H and O–H groups in total. The minimum absolute atomic E-state index is 0.276. The maximum atomic E-state index is 11.7. The lowest BCUT2D eigenvalue weighted by Crippen LogP contribution is -2.53. The molecule has 36 heavy (non-hydrogen) atoms. The minimum Gasteiger partial charge on any atom is -0.414 e. The van der Waals surface area contributed by atoms with Crippen LogP contribution in [0.25, 0.3) is 0 Å². The van der Waals surface area contributed by atoms with Crippen LogP contribution in [-0.2, 0) is 4.43 Å². The molecule has 4 aliphatic rings. The zero-order chi connectivity index (χ0) is 26.7. The van der Waals surface area contributed by atoms with Gasteiger partial charge in [-0.05, 0) is 137 Å². The Morgan fingerprint density at radius 3 is 2.42 bits per heavy atom. The summed E-state index contributed by atoms with van der Waals surface area (Å²) in [6, 6.07) is 0. The molecular formula is C33H58O2Si. The van der Waals surface area contributed by atoms with Crippen molar-refractivity contribution in [1.82, 2.24) is 0 Å². The monoisotopic (exact) mass is 514 g/mol. The summed E-state index contributed by atoms with van der Waals surface area (Å²) in [6.45, 7) is 25.4. The molecule has 4 aliphatic carbocycles. The van der Waals surface area contributed by atoms with E-state index in [1.807, 2.05) is 0 Å². The van der Waals surface area contributed by atoms with Crippen molar-refractivity contribution in [2.75, 3.05) is 0 Å². The molecule has 0 aliphatic heterocycles. The van der Waals surface area contributed by atoms with Crippen molar-refractivity contribution in [2.45, 2.75) is 149 Å². The normalized spacial score (nSPS) is 40.5. The number of hydrogen-bond donors (Lipinski definition) is 1. The summed E-state index contributed by atoms with van der Waals surface area (Å²) in [5, 5.41) is 12.0. The summed E-state index contributed by atoms with van der Waals surface area (Å²) < 4.78 is 6.92. The molecular weight excluding hydrogens is 456 g/mol. The van der Waals surface area contributed by atoms with Gasteiger partial charge >= 0.3 is 0 Å². The molecule has 8 atom stereocenters. The highest BCUT2D eigenvalue weighted by molar-refractivity contribution is 6.74. The van der Waals surface area contributed by atoms with Gasteiger partial charge in [-0.25, -0.2) is 0 Å². The van der Waals surface area contributed by atoms with Crippen molar-refractivity contribution in [3.05, 3.63) is 23.8 Å². The Labute approximate surface area is 224 Å². The molecule has 3 fully saturated rings. The smallest absolute Gasteiger partial charge is 0.192 e. The third kappa shape index (κ3) is 4.99. The zero-order valence-electron chi connectivity index (χ0n) is 25.3. The molecule has 2 nitrogen and oxygen atoms in total. The number of allylic oxidation sites excluding steroid dienone is 2. The number of aliphatic hydroxyl groups is 1. The second kappa shape index (κ2) is 9.67. The van der Waals surface area contributed by atoms with Crippen LogP contribution >= 0.6 is 0 Å². The molecule has 0 unspecified atom stereocenters. The van der Waals surface area contributed by atoms with Gasteiger partial charge in [0.25, 0.3) is 0 Å². The molecule has 0 aromatic carbocycles. The average molecular weight is 515 g/mol. The fourth-order valence-corrected chi connectivity index (χ4v) is 10.7. The van der Waals surface area contributed by atoms with Gasteiger partial charge in [0.1, 0.15) is 0 Å². The van der Waals surface area contributed by atoms with E-state index in [2.05, 4.69) is 74.2 Å². The number of rotatable bonds is 7. The first-order chi connectivity index (χ1) is 16.5. The van der Waals surface area contributed by atoms with E-state index in [1.54, 1.807) is 5.57 Å². The molecule has 0 aromatic rings. The van der Waals surface area contributed by atoms with Gasteiger partial charge in [0.15, 0.2) is 8.32 Å². The van der Waals surface area contributed by atoms with Gasteiger partial charge in [-0.15, -0.1) is 6.58 Å². The van der Waals surface area contributed by atoms with Crippen LogP contribution in [0, 0.1) is 34.5 Å². The zero-order valence-corrected chi connectivity index (χ0v) is 26.3. The maximum Gasteiger partial charge on any atom is 0.192 e. The molecule has 0 radical (unpaired) electrons. The van der Waals surface area contributed by atoms with Crippen molar-refractivity contribution >= 4 is 8.32 Å². The van der Waals surface area contributed by atoms with Gasteiger partial charge in [0.05, 0.1) is 5.60 Å². The van der Waals surface area contributed by atoms with Crippen molar-refractivity contribution in [2.24, 2.45) is 34.5 Å². The third-order valence-electron chi connectivity index (χ3n) is 12.4. The minimum atomic E-state index is -1.73. The van der Waals surface area contributed by atoms with Crippen LogP contribution in [0.3, 0.4) is 0 Å². The van der Waals surface area contributed by atoms with E-state index in [4.69, 9.17) is 4.43 Å². The van der Waals surface area contributed by atoms with Crippen molar-refractivity contribution in [3.63, 3.8) is 0 Å². The fraction of sp³-hybridized carbons (Fsp3) is 0.879. The lowest BCUT2D eigenvalue weighted by Gasteiger charge is -2.59. The highest BCUT2D eigenvalue weighted by Crippen LogP contribution is 2.68. The molecule has 0 saturated heterocycles. The van der Waals surface area contributed by atoms with Crippen molar-refractivity contribution in [3.8, 4) is 0 Å². The Hall–Kier alpha value is -0.383. The lowest BCUT2D eigenvalue weighted by atomic mass is 9.46. The summed E-state index contributed by atoms with van der Waals surface area (Å²) in [5.41, 5.74) is 3.07. The van der Waals surface area contributed by atoms with E-state index in [0.29, 0.717) is 17.4 Å². The van der Waals surface area contributed by atoms with Crippen LogP contribution in [-0.4, -0.2) is 25.1 Å². The van der Waals surface area contributed by atoms with E-state index in [9.17, 15) is 5.11 Å². The standard InChI is InChI=1S/C33H58O2Si/c1-23(2)12-11-19-33(8,34)29-16-15-27-26-14-13-24-22-25(35-36(9,10)30(3,4)5)17-20-31(24,6)28(26)18-21-32(27,29)7/h13,25-29,34H,1,11-12,14-22H2,2-10H3/t25-,26-,27-,28-,29-,31-,32-,33-/m0/s1. The molecule has 3 heteroatoms. The Bertz CT molecular complexity index is 863. The van der Waals surface area contributed by atoms with Crippen LogP contribution < -0.4 is 0 Å². The summed E-state index contributed by atoms with van der Waals surface area (Å²) in [5.74, 6) is 2.82. The number of fused-ring (bicyclic) bond motifs is 5. The van der Waals surface area contributed by atoms with Gasteiger partial charge in [0.2, 0.25) is 0 Å². The summed E-state index contributed by atoms with van der Waals surface area (Å²) in [4.78, 5) is 0. The van der Waals surface area contributed by atoms with E-state index >= 15 is 0 Å². The third-order valence-corrected chi connectivity index (χ3v) is 16.9. The Kier molecular flexibility index (Phi) is 7.68. The van der Waals surface area contributed by atoms with Crippen LogP contribution in [0.1, 0.15) is 119 Å². The van der Waals surface area contributed by atoms with E-state index in [0.717, 1.165) is 43.4 Å². The molecule has 0 bridgehead atoms. The van der Waals surface area contributed by atoms with E-state index in [1.165, 1.54) is 50.5 Å². The largest absolute Gasteiger partial charge is 0.414 e. The first kappa shape index (κ1) is 28.6. The number of hydrogen-bond acceptors (Lipinski definition) is 2. The second-order valence-electron chi connectivity index (χ2n) is 15.8. The van der Waals surface area contributed by atoms with Gasteiger partial charge in [-0.1, -0.05) is 51.8 Å². The first-order valence-electron chi connectivity index (χ1n) is 15.3. The Morgan fingerprint density at radius 2 is 1.78 bits per heavy atom. The quantitative estimate of drug-likeness (QED) is 0.271. The van der Waals surface area contributed by atoms with Crippen molar-refractivity contribution in [1.29, 1.82) is 0 Å². The second-order valence-corrected chi connectivity index (χ2v) is 20.6. The molecule has 3 saturated carbocycles. The van der Waals surface area contributed by atoms with Crippen molar-refractivity contribution < 1.29 is 9.53 Å². The maximum absolute atomic E-state index is 11.7.